The maximum Gasteiger partial charge on any atom is 0.350 e. The molecule has 37 heavy (non-hydrogen) atoms. The molecule has 9 nitrogen and oxygen atoms in total. The first-order valence-electron chi connectivity index (χ1n) is 11.6. The average Bonchev–Trinajstić information content (AvgIpc) is 3.42. The number of Topliss-reactive ketones (excluding diaryl/α,β-unsaturated/α-hetero) is 1. The highest BCUT2D eigenvalue weighted by atomic mass is 32.1. The molecule has 0 spiro atoms. The van der Waals surface area contributed by atoms with Crippen LogP contribution in [0.3, 0.4) is 0 Å². The van der Waals surface area contributed by atoms with Crippen LogP contribution in [0.25, 0.3) is 5.76 Å². The lowest BCUT2D eigenvalue weighted by molar-refractivity contribution is -0.132. The van der Waals surface area contributed by atoms with Gasteiger partial charge in [-0.25, -0.2) is 9.78 Å². The first kappa shape index (κ1) is 25.8. The van der Waals surface area contributed by atoms with E-state index < -0.39 is 23.7 Å². The average molecular weight is 520 g/mol. The minimum atomic E-state index is -0.995. The predicted octanol–water partition coefficient (Wildman–Crippen LogP) is 4.60. The van der Waals surface area contributed by atoms with Gasteiger partial charge in [0.1, 0.15) is 23.0 Å². The van der Waals surface area contributed by atoms with Crippen LogP contribution in [0.4, 0.5) is 5.13 Å². The van der Waals surface area contributed by atoms with Crippen molar-refractivity contribution in [2.24, 2.45) is 0 Å². The highest BCUT2D eigenvalue weighted by Crippen LogP contribution is 2.44. The van der Waals surface area contributed by atoms with Crippen molar-refractivity contribution in [3.05, 3.63) is 88.7 Å². The molecular weight excluding hydrogens is 494 g/mol. The summed E-state index contributed by atoms with van der Waals surface area (Å²) < 4.78 is 10.8. The van der Waals surface area contributed by atoms with Crippen LogP contribution in [0.15, 0.2) is 67.0 Å². The third-order valence-corrected chi connectivity index (χ3v) is 6.69. The SMILES string of the molecule is C=CCOC(=O)c1sc(N2C(=O)C(=O)C(=C(O)c3cccc(OCCC)c3)C2c2ccncc2)nc1C. The van der Waals surface area contributed by atoms with Crippen molar-refractivity contribution < 1.29 is 29.0 Å². The van der Waals surface area contributed by atoms with Gasteiger partial charge in [-0.2, -0.15) is 0 Å². The molecule has 4 rings (SSSR count). The first-order chi connectivity index (χ1) is 17.9. The Kier molecular flexibility index (Phi) is 7.78. The van der Waals surface area contributed by atoms with E-state index in [9.17, 15) is 19.5 Å². The number of anilines is 1. The van der Waals surface area contributed by atoms with E-state index in [0.29, 0.717) is 29.2 Å². The highest BCUT2D eigenvalue weighted by Gasteiger charge is 2.48. The van der Waals surface area contributed by atoms with E-state index in [1.54, 1.807) is 43.3 Å². The van der Waals surface area contributed by atoms with Gasteiger partial charge in [0, 0.05) is 18.0 Å². The van der Waals surface area contributed by atoms with Gasteiger partial charge < -0.3 is 14.6 Å². The zero-order valence-electron chi connectivity index (χ0n) is 20.3. The van der Waals surface area contributed by atoms with E-state index in [4.69, 9.17) is 9.47 Å². The van der Waals surface area contributed by atoms with Crippen LogP contribution in [0.5, 0.6) is 5.75 Å². The molecule has 1 aromatic carbocycles. The summed E-state index contributed by atoms with van der Waals surface area (Å²) >= 11 is 0.934. The van der Waals surface area contributed by atoms with Crippen molar-refractivity contribution in [1.29, 1.82) is 0 Å². The fourth-order valence-electron chi connectivity index (χ4n) is 3.87. The molecule has 2 aromatic heterocycles. The van der Waals surface area contributed by atoms with Crippen LogP contribution in [-0.4, -0.2) is 45.9 Å². The summed E-state index contributed by atoms with van der Waals surface area (Å²) in [5, 5.41) is 11.4. The molecule has 10 heteroatoms. The van der Waals surface area contributed by atoms with Gasteiger partial charge in [-0.15, -0.1) is 0 Å². The van der Waals surface area contributed by atoms with Crippen LogP contribution in [-0.2, 0) is 14.3 Å². The maximum atomic E-state index is 13.3. The minimum Gasteiger partial charge on any atom is -0.507 e. The fraction of sp³-hybridized carbons (Fsp3) is 0.222. The number of amides is 1. The molecule has 0 radical (unpaired) electrons. The Morgan fingerprint density at radius 3 is 2.70 bits per heavy atom. The quantitative estimate of drug-likeness (QED) is 0.143. The number of carbonyl (C=O) groups is 3. The Morgan fingerprint density at radius 2 is 2.00 bits per heavy atom. The third kappa shape index (κ3) is 5.14. The van der Waals surface area contributed by atoms with Crippen LogP contribution in [0.2, 0.25) is 0 Å². The zero-order valence-corrected chi connectivity index (χ0v) is 21.2. The number of thiazole rings is 1. The molecule has 0 aliphatic carbocycles. The summed E-state index contributed by atoms with van der Waals surface area (Å²) in [6.07, 6.45) is 5.30. The van der Waals surface area contributed by atoms with Crippen molar-refractivity contribution in [3.63, 3.8) is 0 Å². The van der Waals surface area contributed by atoms with Crippen molar-refractivity contribution >= 4 is 39.9 Å². The highest BCUT2D eigenvalue weighted by molar-refractivity contribution is 7.17. The van der Waals surface area contributed by atoms with E-state index >= 15 is 0 Å². The Labute approximate surface area is 217 Å². The number of esters is 1. The molecule has 0 saturated carbocycles. The van der Waals surface area contributed by atoms with Gasteiger partial charge in [0.05, 0.1) is 23.9 Å². The summed E-state index contributed by atoms with van der Waals surface area (Å²) in [5.41, 5.74) is 1.12. The van der Waals surface area contributed by atoms with Crippen LogP contribution in [0.1, 0.15) is 45.9 Å². The predicted molar refractivity (Wildman–Crippen MR) is 139 cm³/mol. The molecule has 190 valence electrons. The van der Waals surface area contributed by atoms with Crippen LogP contribution >= 0.6 is 11.3 Å². The number of ether oxygens (including phenoxy) is 2. The number of aryl methyl sites for hydroxylation is 1. The van der Waals surface area contributed by atoms with Crippen molar-refractivity contribution in [2.75, 3.05) is 18.1 Å². The van der Waals surface area contributed by atoms with Gasteiger partial charge >= 0.3 is 11.9 Å². The lowest BCUT2D eigenvalue weighted by Crippen LogP contribution is -2.29. The molecule has 3 heterocycles. The smallest absolute Gasteiger partial charge is 0.350 e. The number of hydrogen-bond donors (Lipinski definition) is 1. The normalized spacial score (nSPS) is 16.6. The number of aromatic nitrogens is 2. The Bertz CT molecular complexity index is 1380. The summed E-state index contributed by atoms with van der Waals surface area (Å²) in [6, 6.07) is 9.00. The Hall–Kier alpha value is -4.31. The summed E-state index contributed by atoms with van der Waals surface area (Å²) in [6.45, 7) is 7.63. The van der Waals surface area contributed by atoms with Crippen molar-refractivity contribution in [3.8, 4) is 5.75 Å². The lowest BCUT2D eigenvalue weighted by atomic mass is 9.96. The monoisotopic (exact) mass is 519 g/mol. The van der Waals surface area contributed by atoms with E-state index in [2.05, 4.69) is 16.5 Å². The molecule has 1 atom stereocenters. The number of nitrogens with zero attached hydrogens (tertiary/aromatic N) is 3. The minimum absolute atomic E-state index is 0.0219. The van der Waals surface area contributed by atoms with Crippen molar-refractivity contribution in [1.82, 2.24) is 9.97 Å². The number of benzene rings is 1. The van der Waals surface area contributed by atoms with Crippen LogP contribution < -0.4 is 9.64 Å². The molecule has 1 saturated heterocycles. The summed E-state index contributed by atoms with van der Waals surface area (Å²) in [4.78, 5) is 49.0. The molecule has 0 bridgehead atoms. The second-order valence-corrected chi connectivity index (χ2v) is 9.10. The zero-order chi connectivity index (χ0) is 26.5. The van der Waals surface area contributed by atoms with Crippen molar-refractivity contribution in [2.45, 2.75) is 26.3 Å². The van der Waals surface area contributed by atoms with E-state index in [-0.39, 0.29) is 27.9 Å². The Morgan fingerprint density at radius 1 is 1.24 bits per heavy atom. The number of ketones is 1. The number of aliphatic hydroxyl groups is 1. The lowest BCUT2D eigenvalue weighted by Gasteiger charge is -2.22. The molecule has 1 aliphatic heterocycles. The van der Waals surface area contributed by atoms with Gasteiger partial charge in [-0.1, -0.05) is 43.0 Å². The van der Waals surface area contributed by atoms with Crippen LogP contribution in [0, 0.1) is 6.92 Å². The summed E-state index contributed by atoms with van der Waals surface area (Å²) in [5.74, 6) is -2.17. The molecular formula is C27H25N3O6S. The van der Waals surface area contributed by atoms with Gasteiger partial charge in [0.25, 0.3) is 5.78 Å². The first-order valence-corrected chi connectivity index (χ1v) is 12.4. The van der Waals surface area contributed by atoms with E-state index in [1.165, 1.54) is 23.4 Å². The topological polar surface area (TPSA) is 119 Å². The molecule has 1 N–H and O–H groups in total. The molecule has 3 aromatic rings. The third-order valence-electron chi connectivity index (χ3n) is 5.56. The molecule has 1 unspecified atom stereocenters. The largest absolute Gasteiger partial charge is 0.507 e. The number of carbonyl (C=O) groups excluding carboxylic acids is 3. The molecule has 1 fully saturated rings. The second kappa shape index (κ2) is 11.2. The van der Waals surface area contributed by atoms with Gasteiger partial charge in [0.2, 0.25) is 0 Å². The standard InChI is InChI=1S/C27H25N3O6S/c1-4-13-35-19-8-6-7-18(15-19)22(31)20-21(17-9-11-28-12-10-17)30(25(33)23(20)32)27-29-16(3)24(37-27)26(34)36-14-5-2/h5-12,15,21,31H,2,4,13-14H2,1,3H3. The number of hydrogen-bond acceptors (Lipinski definition) is 9. The fourth-order valence-corrected chi connectivity index (χ4v) is 4.86. The van der Waals surface area contributed by atoms with Gasteiger partial charge in [-0.05, 0) is 43.2 Å². The second-order valence-electron chi connectivity index (χ2n) is 8.12. The summed E-state index contributed by atoms with van der Waals surface area (Å²) in [7, 11) is 0. The number of aliphatic hydroxyl groups excluding tert-OH is 1. The molecule has 1 amide bonds. The molecule has 1 aliphatic rings. The Balaban J connectivity index is 1.83. The van der Waals surface area contributed by atoms with E-state index in [1.807, 2.05) is 6.92 Å². The maximum absolute atomic E-state index is 13.3. The van der Waals surface area contributed by atoms with E-state index in [0.717, 1.165) is 17.8 Å². The van der Waals surface area contributed by atoms with Gasteiger partial charge in [0.15, 0.2) is 5.13 Å². The number of pyridine rings is 1. The van der Waals surface area contributed by atoms with Gasteiger partial charge in [-0.3, -0.25) is 19.5 Å². The number of rotatable bonds is 9.